The van der Waals surface area contributed by atoms with Gasteiger partial charge >= 0.3 is 0 Å². The molecule has 2 aliphatic rings. The van der Waals surface area contributed by atoms with Crippen LogP contribution in [-0.4, -0.2) is 57.9 Å². The van der Waals surface area contributed by atoms with Crippen LogP contribution in [0, 0.1) is 0 Å². The second-order valence-electron chi connectivity index (χ2n) is 6.01. The third kappa shape index (κ3) is 3.95. The molecule has 1 aromatic rings. The first-order chi connectivity index (χ1) is 11.3. The van der Waals surface area contributed by atoms with E-state index in [2.05, 4.69) is 21.6 Å². The van der Waals surface area contributed by atoms with E-state index >= 15 is 0 Å². The number of morpholine rings is 1. The summed E-state index contributed by atoms with van der Waals surface area (Å²) < 4.78 is 10.9. The minimum absolute atomic E-state index is 0.00735. The van der Waals surface area contributed by atoms with Gasteiger partial charge in [-0.1, -0.05) is 12.1 Å². The number of hydrogen-bond acceptors (Lipinski definition) is 5. The molecule has 1 amide bonds. The van der Waals surface area contributed by atoms with Crippen LogP contribution in [0.2, 0.25) is 0 Å². The normalized spacial score (nSPS) is 22.7. The van der Waals surface area contributed by atoms with E-state index in [1.165, 1.54) is 0 Å². The van der Waals surface area contributed by atoms with Crippen molar-refractivity contribution in [2.45, 2.75) is 25.0 Å². The van der Waals surface area contributed by atoms with Crippen molar-refractivity contribution >= 4 is 11.6 Å². The van der Waals surface area contributed by atoms with Crippen LogP contribution >= 0.6 is 0 Å². The zero-order valence-electron chi connectivity index (χ0n) is 13.6. The molecule has 0 aromatic heterocycles. The van der Waals surface area contributed by atoms with Crippen molar-refractivity contribution in [3.05, 3.63) is 24.3 Å². The van der Waals surface area contributed by atoms with Gasteiger partial charge in [-0.2, -0.15) is 0 Å². The van der Waals surface area contributed by atoms with E-state index in [-0.39, 0.29) is 18.1 Å². The Hall–Kier alpha value is -1.79. The van der Waals surface area contributed by atoms with Gasteiger partial charge in [-0.15, -0.1) is 0 Å². The van der Waals surface area contributed by atoms with Crippen molar-refractivity contribution < 1.29 is 14.3 Å². The number of carbonyl (C=O) groups is 1. The molecule has 0 saturated carbocycles. The molecule has 0 aliphatic carbocycles. The number of hydrogen-bond donors (Lipinski definition) is 2. The van der Waals surface area contributed by atoms with Crippen LogP contribution in [-0.2, 0) is 9.53 Å². The maximum absolute atomic E-state index is 12.2. The van der Waals surface area contributed by atoms with Gasteiger partial charge in [0.05, 0.1) is 19.4 Å². The highest BCUT2D eigenvalue weighted by molar-refractivity contribution is 5.81. The number of methoxy groups -OCH3 is 1. The Balaban J connectivity index is 1.51. The molecule has 2 heterocycles. The molecule has 23 heavy (non-hydrogen) atoms. The third-order valence-electron chi connectivity index (χ3n) is 4.49. The smallest absolute Gasteiger partial charge is 0.250 e. The Morgan fingerprint density at radius 2 is 2.13 bits per heavy atom. The number of nitrogens with one attached hydrogen (secondary N) is 2. The molecule has 1 unspecified atom stereocenters. The summed E-state index contributed by atoms with van der Waals surface area (Å²) in [5.74, 6) is 0.907. The van der Waals surface area contributed by atoms with Gasteiger partial charge in [0.25, 0.3) is 5.91 Å². The standard InChI is InChI=1S/C17H25N3O3/c1-22-15-5-3-2-4-14(15)20-9-6-13(7-10-20)19-17(21)16-12-18-8-11-23-16/h2-5,13,16,18H,6-12H2,1H3,(H,19,21). The minimum atomic E-state index is -0.351. The first-order valence-corrected chi connectivity index (χ1v) is 8.28. The number of benzene rings is 1. The second-order valence-corrected chi connectivity index (χ2v) is 6.01. The molecule has 2 aliphatic heterocycles. The topological polar surface area (TPSA) is 62.8 Å². The van der Waals surface area contributed by atoms with E-state index in [0.29, 0.717) is 13.2 Å². The molecule has 2 fully saturated rings. The van der Waals surface area contributed by atoms with Crippen LogP contribution < -0.4 is 20.3 Å². The van der Waals surface area contributed by atoms with Gasteiger partial charge in [-0.05, 0) is 25.0 Å². The fraction of sp³-hybridized carbons (Fsp3) is 0.588. The number of rotatable bonds is 4. The van der Waals surface area contributed by atoms with Crippen molar-refractivity contribution in [1.29, 1.82) is 0 Å². The molecule has 6 heteroatoms. The molecular weight excluding hydrogens is 294 g/mol. The fourth-order valence-corrected chi connectivity index (χ4v) is 3.18. The van der Waals surface area contributed by atoms with Gasteiger partial charge in [0.15, 0.2) is 0 Å². The summed E-state index contributed by atoms with van der Waals surface area (Å²) in [4.78, 5) is 14.5. The average Bonchev–Trinajstić information content (AvgIpc) is 2.63. The lowest BCUT2D eigenvalue weighted by Crippen LogP contribution is -2.52. The summed E-state index contributed by atoms with van der Waals surface area (Å²) in [7, 11) is 1.70. The lowest BCUT2D eigenvalue weighted by molar-refractivity contribution is -0.135. The second kappa shape index (κ2) is 7.66. The predicted octanol–water partition coefficient (Wildman–Crippen LogP) is 0.769. The number of anilines is 1. The number of nitrogens with zero attached hydrogens (tertiary/aromatic N) is 1. The molecule has 2 saturated heterocycles. The molecule has 1 atom stereocenters. The van der Waals surface area contributed by atoms with E-state index in [1.54, 1.807) is 7.11 Å². The van der Waals surface area contributed by atoms with E-state index in [1.807, 2.05) is 18.2 Å². The molecule has 0 bridgehead atoms. The summed E-state index contributed by atoms with van der Waals surface area (Å²) in [5.41, 5.74) is 1.12. The quantitative estimate of drug-likeness (QED) is 0.858. The lowest BCUT2D eigenvalue weighted by Gasteiger charge is -2.35. The zero-order chi connectivity index (χ0) is 16.1. The predicted molar refractivity (Wildman–Crippen MR) is 89.0 cm³/mol. The van der Waals surface area contributed by atoms with Crippen LogP contribution in [0.4, 0.5) is 5.69 Å². The number of ether oxygens (including phenoxy) is 2. The minimum Gasteiger partial charge on any atom is -0.495 e. The summed E-state index contributed by atoms with van der Waals surface area (Å²) in [6.07, 6.45) is 1.52. The van der Waals surface area contributed by atoms with Crippen LogP contribution in [0.5, 0.6) is 5.75 Å². The molecule has 0 spiro atoms. The SMILES string of the molecule is COc1ccccc1N1CCC(NC(=O)C2CNCCO2)CC1. The van der Waals surface area contributed by atoms with Crippen LogP contribution in [0.1, 0.15) is 12.8 Å². The number of amides is 1. The lowest BCUT2D eigenvalue weighted by atomic mass is 10.0. The zero-order valence-corrected chi connectivity index (χ0v) is 13.6. The van der Waals surface area contributed by atoms with Crippen molar-refractivity contribution in [3.8, 4) is 5.75 Å². The van der Waals surface area contributed by atoms with Crippen molar-refractivity contribution in [1.82, 2.24) is 10.6 Å². The van der Waals surface area contributed by atoms with Gasteiger partial charge in [0.2, 0.25) is 0 Å². The van der Waals surface area contributed by atoms with Gasteiger partial charge in [0, 0.05) is 32.2 Å². The first kappa shape index (κ1) is 16.1. The maximum atomic E-state index is 12.2. The Kier molecular flexibility index (Phi) is 5.35. The molecule has 6 nitrogen and oxygen atoms in total. The summed E-state index contributed by atoms with van der Waals surface area (Å²) in [6, 6.07) is 8.29. The molecular formula is C17H25N3O3. The van der Waals surface area contributed by atoms with Gasteiger partial charge in [0.1, 0.15) is 11.9 Å². The summed E-state index contributed by atoms with van der Waals surface area (Å²) >= 11 is 0. The summed E-state index contributed by atoms with van der Waals surface area (Å²) in [5, 5.41) is 6.31. The number of piperidine rings is 1. The molecule has 1 aromatic carbocycles. The van der Waals surface area contributed by atoms with Gasteiger partial charge < -0.3 is 25.0 Å². The molecule has 0 radical (unpaired) electrons. The molecule has 126 valence electrons. The van der Waals surface area contributed by atoms with E-state index in [4.69, 9.17) is 9.47 Å². The maximum Gasteiger partial charge on any atom is 0.250 e. The van der Waals surface area contributed by atoms with Crippen molar-refractivity contribution in [2.75, 3.05) is 44.8 Å². The van der Waals surface area contributed by atoms with Crippen LogP contribution in [0.3, 0.4) is 0 Å². The Bertz CT molecular complexity index is 524. The Morgan fingerprint density at radius 3 is 2.83 bits per heavy atom. The van der Waals surface area contributed by atoms with Crippen LogP contribution in [0.25, 0.3) is 0 Å². The monoisotopic (exact) mass is 319 g/mol. The highest BCUT2D eigenvalue weighted by Crippen LogP contribution is 2.29. The highest BCUT2D eigenvalue weighted by atomic mass is 16.5. The van der Waals surface area contributed by atoms with Gasteiger partial charge in [-0.3, -0.25) is 4.79 Å². The highest BCUT2D eigenvalue weighted by Gasteiger charge is 2.27. The average molecular weight is 319 g/mol. The molecule has 3 rings (SSSR count). The van der Waals surface area contributed by atoms with Crippen molar-refractivity contribution in [2.24, 2.45) is 0 Å². The largest absolute Gasteiger partial charge is 0.495 e. The molecule has 2 N–H and O–H groups in total. The fourth-order valence-electron chi connectivity index (χ4n) is 3.18. The third-order valence-corrected chi connectivity index (χ3v) is 4.49. The van der Waals surface area contributed by atoms with E-state index in [0.717, 1.165) is 43.9 Å². The van der Waals surface area contributed by atoms with E-state index in [9.17, 15) is 4.79 Å². The number of para-hydroxylation sites is 2. The van der Waals surface area contributed by atoms with Gasteiger partial charge in [-0.25, -0.2) is 0 Å². The summed E-state index contributed by atoms with van der Waals surface area (Å²) in [6.45, 7) is 3.85. The Labute approximate surface area is 137 Å². The number of carbonyl (C=O) groups excluding carboxylic acids is 1. The Morgan fingerprint density at radius 1 is 1.35 bits per heavy atom. The van der Waals surface area contributed by atoms with E-state index < -0.39 is 0 Å². The first-order valence-electron chi connectivity index (χ1n) is 8.28. The van der Waals surface area contributed by atoms with Crippen LogP contribution in [0.15, 0.2) is 24.3 Å². The van der Waals surface area contributed by atoms with Crippen molar-refractivity contribution in [3.63, 3.8) is 0 Å².